The topological polar surface area (TPSA) is 40.5 Å². The van der Waals surface area contributed by atoms with Crippen molar-refractivity contribution in [2.24, 2.45) is 0 Å². The molecule has 0 amide bonds. The smallest absolute Gasteiger partial charge is 0.423 e. The van der Waals surface area contributed by atoms with E-state index in [2.05, 4.69) is 6.92 Å². The zero-order valence-corrected chi connectivity index (χ0v) is 8.64. The van der Waals surface area contributed by atoms with Crippen LogP contribution in [0.1, 0.15) is 12.5 Å². The summed E-state index contributed by atoms with van der Waals surface area (Å²) >= 11 is 0. The van der Waals surface area contributed by atoms with Crippen molar-refractivity contribution in [2.75, 3.05) is 0 Å². The summed E-state index contributed by atoms with van der Waals surface area (Å²) in [6.45, 7) is 2.09. The van der Waals surface area contributed by atoms with Gasteiger partial charge in [-0.15, -0.1) is 0 Å². The van der Waals surface area contributed by atoms with E-state index in [1.807, 2.05) is 30.3 Å². The van der Waals surface area contributed by atoms with Gasteiger partial charge in [0.05, 0.1) is 0 Å². The molecule has 0 saturated heterocycles. The van der Waals surface area contributed by atoms with Crippen molar-refractivity contribution < 1.29 is 10.0 Å². The van der Waals surface area contributed by atoms with Gasteiger partial charge in [-0.3, -0.25) is 0 Å². The third-order valence-corrected chi connectivity index (χ3v) is 2.71. The van der Waals surface area contributed by atoms with Crippen molar-refractivity contribution in [1.82, 2.24) is 0 Å². The van der Waals surface area contributed by atoms with Crippen LogP contribution in [0.4, 0.5) is 0 Å². The fraction of sp³-hybridized carbons (Fsp3) is 0.167. The SMILES string of the molecule is CCc1ccc(B(O)O)c2ccccc12. The van der Waals surface area contributed by atoms with Crippen LogP contribution < -0.4 is 5.46 Å². The van der Waals surface area contributed by atoms with Gasteiger partial charge in [0.15, 0.2) is 0 Å². The minimum atomic E-state index is -1.40. The molecule has 0 radical (unpaired) electrons. The zero-order valence-electron chi connectivity index (χ0n) is 8.64. The molecular formula is C12H13BO2. The number of rotatable bonds is 2. The van der Waals surface area contributed by atoms with Crippen LogP contribution in [0.3, 0.4) is 0 Å². The molecule has 0 spiro atoms. The lowest BCUT2D eigenvalue weighted by atomic mass is 9.76. The molecule has 0 bridgehead atoms. The molecule has 2 aromatic rings. The third kappa shape index (κ3) is 1.76. The Morgan fingerprint density at radius 1 is 1.00 bits per heavy atom. The van der Waals surface area contributed by atoms with Crippen LogP contribution in [-0.4, -0.2) is 17.2 Å². The molecule has 2 nitrogen and oxygen atoms in total. The Labute approximate surface area is 89.3 Å². The Balaban J connectivity index is 2.77. The average Bonchev–Trinajstić information content (AvgIpc) is 2.27. The molecule has 0 unspecified atom stereocenters. The van der Waals surface area contributed by atoms with Gasteiger partial charge >= 0.3 is 7.12 Å². The highest BCUT2D eigenvalue weighted by Gasteiger charge is 2.15. The first-order valence-corrected chi connectivity index (χ1v) is 5.10. The number of benzene rings is 2. The van der Waals surface area contributed by atoms with E-state index in [1.165, 1.54) is 5.56 Å². The van der Waals surface area contributed by atoms with E-state index < -0.39 is 7.12 Å². The predicted octanol–water partition coefficient (Wildman–Crippen LogP) is 1.08. The van der Waals surface area contributed by atoms with Crippen molar-refractivity contribution in [1.29, 1.82) is 0 Å². The van der Waals surface area contributed by atoms with Crippen LogP contribution in [0.15, 0.2) is 36.4 Å². The van der Waals surface area contributed by atoms with E-state index in [-0.39, 0.29) is 0 Å². The van der Waals surface area contributed by atoms with Crippen molar-refractivity contribution in [3.63, 3.8) is 0 Å². The van der Waals surface area contributed by atoms with E-state index in [4.69, 9.17) is 0 Å². The molecule has 3 heteroatoms. The lowest BCUT2D eigenvalue weighted by Gasteiger charge is -2.09. The highest BCUT2D eigenvalue weighted by molar-refractivity contribution is 6.62. The normalized spacial score (nSPS) is 10.6. The summed E-state index contributed by atoms with van der Waals surface area (Å²) < 4.78 is 0. The first-order chi connectivity index (χ1) is 7.24. The molecule has 2 N–H and O–H groups in total. The lowest BCUT2D eigenvalue weighted by molar-refractivity contribution is 0.426. The highest BCUT2D eigenvalue weighted by atomic mass is 16.4. The molecule has 2 rings (SSSR count). The minimum Gasteiger partial charge on any atom is -0.423 e. The van der Waals surface area contributed by atoms with Crippen molar-refractivity contribution in [3.8, 4) is 0 Å². The van der Waals surface area contributed by atoms with Crippen LogP contribution in [0.25, 0.3) is 10.8 Å². The molecule has 0 aromatic heterocycles. The molecule has 0 saturated carbocycles. The maximum atomic E-state index is 9.24. The van der Waals surface area contributed by atoms with Gasteiger partial charge in [-0.25, -0.2) is 0 Å². The number of hydrogen-bond donors (Lipinski definition) is 2. The van der Waals surface area contributed by atoms with E-state index in [1.54, 1.807) is 6.07 Å². The predicted molar refractivity (Wildman–Crippen MR) is 63.2 cm³/mol. The summed E-state index contributed by atoms with van der Waals surface area (Å²) in [4.78, 5) is 0. The second kappa shape index (κ2) is 4.05. The summed E-state index contributed by atoms with van der Waals surface area (Å²) in [5.41, 5.74) is 1.80. The Kier molecular flexibility index (Phi) is 2.76. The molecule has 0 atom stereocenters. The second-order valence-electron chi connectivity index (χ2n) is 3.59. The standard InChI is InChI=1S/C12H13BO2/c1-2-9-7-8-12(13(14)15)11-6-4-3-5-10(9)11/h3-8,14-15H,2H2,1H3. The van der Waals surface area contributed by atoms with Gasteiger partial charge in [-0.05, 0) is 28.2 Å². The Hall–Kier alpha value is -1.32. The maximum Gasteiger partial charge on any atom is 0.489 e. The molecule has 76 valence electrons. The van der Waals surface area contributed by atoms with Crippen LogP contribution in [0.2, 0.25) is 0 Å². The van der Waals surface area contributed by atoms with E-state index in [0.29, 0.717) is 5.46 Å². The fourth-order valence-electron chi connectivity index (χ4n) is 1.92. The average molecular weight is 200 g/mol. The second-order valence-corrected chi connectivity index (χ2v) is 3.59. The Bertz CT molecular complexity index is 480. The van der Waals surface area contributed by atoms with Crippen molar-refractivity contribution >= 4 is 23.4 Å². The maximum absolute atomic E-state index is 9.24. The minimum absolute atomic E-state index is 0.572. The zero-order chi connectivity index (χ0) is 10.8. The van der Waals surface area contributed by atoms with E-state index in [0.717, 1.165) is 17.2 Å². The number of aryl methyl sites for hydroxylation is 1. The monoisotopic (exact) mass is 200 g/mol. The molecule has 0 aliphatic carbocycles. The molecule has 0 heterocycles. The Morgan fingerprint density at radius 2 is 1.67 bits per heavy atom. The molecule has 0 aliphatic rings. The quantitative estimate of drug-likeness (QED) is 0.712. The van der Waals surface area contributed by atoms with Crippen molar-refractivity contribution in [2.45, 2.75) is 13.3 Å². The Morgan fingerprint density at radius 3 is 2.27 bits per heavy atom. The van der Waals surface area contributed by atoms with Gasteiger partial charge in [0.2, 0.25) is 0 Å². The van der Waals surface area contributed by atoms with Gasteiger partial charge in [0.25, 0.3) is 0 Å². The molecule has 15 heavy (non-hydrogen) atoms. The van der Waals surface area contributed by atoms with Gasteiger partial charge < -0.3 is 10.0 Å². The molecule has 0 aliphatic heterocycles. The summed E-state index contributed by atoms with van der Waals surface area (Å²) in [5.74, 6) is 0. The molecular weight excluding hydrogens is 187 g/mol. The van der Waals surface area contributed by atoms with Crippen molar-refractivity contribution in [3.05, 3.63) is 42.0 Å². The van der Waals surface area contributed by atoms with Crippen LogP contribution in [-0.2, 0) is 6.42 Å². The van der Waals surface area contributed by atoms with E-state index in [9.17, 15) is 10.0 Å². The van der Waals surface area contributed by atoms with Crippen LogP contribution >= 0.6 is 0 Å². The lowest BCUT2D eigenvalue weighted by Crippen LogP contribution is -2.30. The first kappa shape index (κ1) is 10.2. The summed E-state index contributed by atoms with van der Waals surface area (Å²) in [6.07, 6.45) is 0.947. The molecule has 0 fully saturated rings. The number of fused-ring (bicyclic) bond motifs is 1. The van der Waals surface area contributed by atoms with Gasteiger partial charge in [-0.2, -0.15) is 0 Å². The summed E-state index contributed by atoms with van der Waals surface area (Å²) in [7, 11) is -1.40. The summed E-state index contributed by atoms with van der Waals surface area (Å²) in [6, 6.07) is 11.6. The van der Waals surface area contributed by atoms with Gasteiger partial charge in [0, 0.05) is 0 Å². The van der Waals surface area contributed by atoms with Gasteiger partial charge in [-0.1, -0.05) is 43.3 Å². The third-order valence-electron chi connectivity index (χ3n) is 2.71. The largest absolute Gasteiger partial charge is 0.489 e. The van der Waals surface area contributed by atoms with Gasteiger partial charge in [0.1, 0.15) is 0 Å². The molecule has 2 aromatic carbocycles. The fourth-order valence-corrected chi connectivity index (χ4v) is 1.92. The van der Waals surface area contributed by atoms with Crippen LogP contribution in [0, 0.1) is 0 Å². The van der Waals surface area contributed by atoms with E-state index >= 15 is 0 Å². The number of hydrogen-bond acceptors (Lipinski definition) is 2. The highest BCUT2D eigenvalue weighted by Crippen LogP contribution is 2.17. The van der Waals surface area contributed by atoms with Crippen LogP contribution in [0.5, 0.6) is 0 Å². The first-order valence-electron chi connectivity index (χ1n) is 5.10. The summed E-state index contributed by atoms with van der Waals surface area (Å²) in [5, 5.41) is 20.5.